The summed E-state index contributed by atoms with van der Waals surface area (Å²) in [5.41, 5.74) is 2.47. The minimum atomic E-state index is -0.434. The summed E-state index contributed by atoms with van der Waals surface area (Å²) in [5.74, 6) is 2.67. The van der Waals surface area contributed by atoms with E-state index >= 15 is 0 Å². The summed E-state index contributed by atoms with van der Waals surface area (Å²) in [4.78, 5) is 24.3. The number of hydrogen-bond donors (Lipinski definition) is 1. The lowest BCUT2D eigenvalue weighted by molar-refractivity contribution is -0.125. The number of amides is 1. The van der Waals surface area contributed by atoms with Crippen LogP contribution in [-0.4, -0.2) is 43.2 Å². The number of carbonyl (C=O) groups excluding carboxylic acids is 1. The highest BCUT2D eigenvalue weighted by Crippen LogP contribution is 2.38. The average molecular weight is 449 g/mol. The van der Waals surface area contributed by atoms with Gasteiger partial charge >= 0.3 is 0 Å². The molecule has 1 N–H and O–H groups in total. The minimum Gasteiger partial charge on any atom is -0.493 e. The lowest BCUT2D eigenvalue weighted by atomic mass is 9.79. The maximum atomic E-state index is 13.1. The standard InChI is InChI=1S/C26H32N4O3/c1-17(2)18-6-8-19(9-7-18)29-25(31)26(3)10-12-30(13-11-26)24-20-14-22(32-4)23(33-5)15-21(20)27-16-28-24/h6-9,14-17H,10-13H2,1-5H3,(H,29,31). The van der Waals surface area contributed by atoms with E-state index in [-0.39, 0.29) is 5.91 Å². The second-order valence-corrected chi connectivity index (χ2v) is 9.20. The van der Waals surface area contributed by atoms with Crippen LogP contribution in [0.15, 0.2) is 42.7 Å². The van der Waals surface area contributed by atoms with E-state index in [4.69, 9.17) is 9.47 Å². The molecule has 1 aromatic heterocycles. The highest BCUT2D eigenvalue weighted by atomic mass is 16.5. The fourth-order valence-corrected chi connectivity index (χ4v) is 4.29. The minimum absolute atomic E-state index is 0.0680. The van der Waals surface area contributed by atoms with Crippen molar-refractivity contribution in [2.24, 2.45) is 5.41 Å². The molecule has 0 unspecified atom stereocenters. The number of piperidine rings is 1. The number of fused-ring (bicyclic) bond motifs is 1. The van der Waals surface area contributed by atoms with Gasteiger partial charge in [-0.25, -0.2) is 9.97 Å². The maximum absolute atomic E-state index is 13.1. The van der Waals surface area contributed by atoms with Crippen LogP contribution < -0.4 is 19.7 Å². The molecule has 0 aliphatic carbocycles. The number of nitrogens with zero attached hydrogens (tertiary/aromatic N) is 3. The van der Waals surface area contributed by atoms with Crippen molar-refractivity contribution in [3.8, 4) is 11.5 Å². The third-order valence-corrected chi connectivity index (χ3v) is 6.67. The van der Waals surface area contributed by atoms with E-state index in [2.05, 4.69) is 46.2 Å². The molecule has 1 amide bonds. The number of anilines is 2. The molecule has 0 saturated carbocycles. The molecule has 1 aliphatic heterocycles. The van der Waals surface area contributed by atoms with Gasteiger partial charge in [0.2, 0.25) is 5.91 Å². The van der Waals surface area contributed by atoms with Crippen LogP contribution in [0.5, 0.6) is 11.5 Å². The van der Waals surface area contributed by atoms with Crippen LogP contribution in [0.2, 0.25) is 0 Å². The van der Waals surface area contributed by atoms with Gasteiger partial charge in [-0.1, -0.05) is 32.9 Å². The Morgan fingerprint density at radius 3 is 2.27 bits per heavy atom. The molecular weight excluding hydrogens is 416 g/mol. The van der Waals surface area contributed by atoms with E-state index in [1.807, 2.05) is 31.2 Å². The predicted molar refractivity (Wildman–Crippen MR) is 131 cm³/mol. The van der Waals surface area contributed by atoms with Gasteiger partial charge in [0.1, 0.15) is 12.1 Å². The molecule has 0 spiro atoms. The molecule has 1 saturated heterocycles. The van der Waals surface area contributed by atoms with Crippen molar-refractivity contribution in [1.82, 2.24) is 9.97 Å². The number of rotatable bonds is 6. The Hall–Kier alpha value is -3.35. The molecule has 3 aromatic rings. The van der Waals surface area contributed by atoms with E-state index in [1.54, 1.807) is 20.5 Å². The second kappa shape index (κ2) is 9.25. The number of aromatic nitrogens is 2. The Balaban J connectivity index is 1.48. The molecule has 7 heteroatoms. The van der Waals surface area contributed by atoms with E-state index < -0.39 is 5.41 Å². The summed E-state index contributed by atoms with van der Waals surface area (Å²) in [6.45, 7) is 7.84. The van der Waals surface area contributed by atoms with E-state index in [0.717, 1.165) is 48.3 Å². The molecule has 4 rings (SSSR count). The summed E-state index contributed by atoms with van der Waals surface area (Å²) >= 11 is 0. The van der Waals surface area contributed by atoms with Crippen molar-refractivity contribution in [1.29, 1.82) is 0 Å². The molecule has 33 heavy (non-hydrogen) atoms. The number of methoxy groups -OCH3 is 2. The van der Waals surface area contributed by atoms with Crippen LogP contribution >= 0.6 is 0 Å². The quantitative estimate of drug-likeness (QED) is 0.571. The van der Waals surface area contributed by atoms with Gasteiger partial charge in [0.25, 0.3) is 0 Å². The third kappa shape index (κ3) is 4.58. The molecule has 174 valence electrons. The summed E-state index contributed by atoms with van der Waals surface area (Å²) < 4.78 is 10.9. The van der Waals surface area contributed by atoms with E-state index in [0.29, 0.717) is 17.4 Å². The van der Waals surface area contributed by atoms with Gasteiger partial charge in [0, 0.05) is 30.2 Å². The first-order chi connectivity index (χ1) is 15.8. The Morgan fingerprint density at radius 1 is 1.03 bits per heavy atom. The number of nitrogens with one attached hydrogen (secondary N) is 1. The first kappa shape index (κ1) is 22.8. The van der Waals surface area contributed by atoms with Gasteiger partial charge in [-0.05, 0) is 42.5 Å². The Morgan fingerprint density at radius 2 is 1.67 bits per heavy atom. The summed E-state index contributed by atoms with van der Waals surface area (Å²) in [5, 5.41) is 4.03. The van der Waals surface area contributed by atoms with Gasteiger partial charge in [-0.2, -0.15) is 0 Å². The van der Waals surface area contributed by atoms with Crippen molar-refractivity contribution in [3.63, 3.8) is 0 Å². The Labute approximate surface area is 195 Å². The Kier molecular flexibility index (Phi) is 6.40. The zero-order chi connectivity index (χ0) is 23.6. The van der Waals surface area contributed by atoms with Crippen LogP contribution in [-0.2, 0) is 4.79 Å². The van der Waals surface area contributed by atoms with Crippen molar-refractivity contribution < 1.29 is 14.3 Å². The zero-order valence-corrected chi connectivity index (χ0v) is 20.0. The second-order valence-electron chi connectivity index (χ2n) is 9.20. The average Bonchev–Trinajstić information content (AvgIpc) is 2.83. The highest BCUT2D eigenvalue weighted by molar-refractivity contribution is 5.96. The first-order valence-corrected chi connectivity index (χ1v) is 11.4. The molecule has 0 bridgehead atoms. The van der Waals surface area contributed by atoms with Crippen LogP contribution in [0, 0.1) is 5.41 Å². The van der Waals surface area contributed by atoms with Gasteiger partial charge < -0.3 is 19.7 Å². The lowest BCUT2D eigenvalue weighted by Gasteiger charge is -2.39. The maximum Gasteiger partial charge on any atom is 0.230 e. The molecule has 1 aliphatic rings. The molecule has 7 nitrogen and oxygen atoms in total. The molecule has 1 fully saturated rings. The van der Waals surface area contributed by atoms with Gasteiger partial charge in [-0.3, -0.25) is 4.79 Å². The summed E-state index contributed by atoms with van der Waals surface area (Å²) in [7, 11) is 3.23. The van der Waals surface area contributed by atoms with Crippen LogP contribution in [0.1, 0.15) is 45.1 Å². The highest BCUT2D eigenvalue weighted by Gasteiger charge is 2.37. The normalized spacial score (nSPS) is 15.5. The molecule has 0 radical (unpaired) electrons. The van der Waals surface area contributed by atoms with Gasteiger partial charge in [-0.15, -0.1) is 0 Å². The van der Waals surface area contributed by atoms with Gasteiger partial charge in [0.15, 0.2) is 11.5 Å². The van der Waals surface area contributed by atoms with Crippen molar-refractivity contribution >= 4 is 28.3 Å². The molecule has 0 atom stereocenters. The number of ether oxygens (including phenoxy) is 2. The van der Waals surface area contributed by atoms with Crippen molar-refractivity contribution in [2.75, 3.05) is 37.5 Å². The Bertz CT molecular complexity index is 1140. The molecule has 2 aromatic carbocycles. The summed E-state index contributed by atoms with van der Waals surface area (Å²) in [6.07, 6.45) is 3.05. The largest absolute Gasteiger partial charge is 0.493 e. The first-order valence-electron chi connectivity index (χ1n) is 11.4. The van der Waals surface area contributed by atoms with Crippen molar-refractivity contribution in [2.45, 2.75) is 39.5 Å². The SMILES string of the molecule is COc1cc2ncnc(N3CCC(C)(C(=O)Nc4ccc(C(C)C)cc4)CC3)c2cc1OC. The zero-order valence-electron chi connectivity index (χ0n) is 20.0. The number of hydrogen-bond acceptors (Lipinski definition) is 6. The topological polar surface area (TPSA) is 76.6 Å². The fourth-order valence-electron chi connectivity index (χ4n) is 4.29. The molecular formula is C26H32N4O3. The van der Waals surface area contributed by atoms with Crippen LogP contribution in [0.4, 0.5) is 11.5 Å². The lowest BCUT2D eigenvalue weighted by Crippen LogP contribution is -2.45. The van der Waals surface area contributed by atoms with Crippen LogP contribution in [0.3, 0.4) is 0 Å². The summed E-state index contributed by atoms with van der Waals surface area (Å²) in [6, 6.07) is 11.9. The smallest absolute Gasteiger partial charge is 0.230 e. The van der Waals surface area contributed by atoms with E-state index in [9.17, 15) is 4.79 Å². The fraction of sp³-hybridized carbons (Fsp3) is 0.423. The number of benzene rings is 2. The third-order valence-electron chi connectivity index (χ3n) is 6.67. The monoisotopic (exact) mass is 448 g/mol. The molecule has 2 heterocycles. The van der Waals surface area contributed by atoms with Crippen LogP contribution in [0.25, 0.3) is 10.9 Å². The van der Waals surface area contributed by atoms with Crippen molar-refractivity contribution in [3.05, 3.63) is 48.3 Å². The van der Waals surface area contributed by atoms with Gasteiger partial charge in [0.05, 0.1) is 25.2 Å². The number of carbonyl (C=O) groups is 1. The predicted octanol–water partition coefficient (Wildman–Crippen LogP) is 5.02. The van der Waals surface area contributed by atoms with E-state index in [1.165, 1.54) is 5.56 Å².